The van der Waals surface area contributed by atoms with Gasteiger partial charge in [0.2, 0.25) is 0 Å². The second-order valence-corrected chi connectivity index (χ2v) is 7.02. The Labute approximate surface area is 159 Å². The maximum Gasteiger partial charge on any atom is 0.182 e. The Kier molecular flexibility index (Phi) is 5.05. The van der Waals surface area contributed by atoms with Gasteiger partial charge in [0.15, 0.2) is 5.82 Å². The number of nitrogens with zero attached hydrogens (tertiary/aromatic N) is 4. The summed E-state index contributed by atoms with van der Waals surface area (Å²) in [4.78, 5) is 4.57. The SMILES string of the molecule is COc1cccc(Nc2ccnc(-c3nnc(C)n3C3CCCCC3)c2)c1. The number of anilines is 2. The van der Waals surface area contributed by atoms with Crippen molar-refractivity contribution < 1.29 is 4.74 Å². The van der Waals surface area contributed by atoms with Gasteiger partial charge in [-0.05, 0) is 44.0 Å². The highest BCUT2D eigenvalue weighted by molar-refractivity contribution is 5.65. The van der Waals surface area contributed by atoms with Gasteiger partial charge >= 0.3 is 0 Å². The quantitative estimate of drug-likeness (QED) is 0.698. The van der Waals surface area contributed by atoms with Gasteiger partial charge in [-0.25, -0.2) is 0 Å². The molecule has 0 amide bonds. The van der Waals surface area contributed by atoms with Crippen LogP contribution in [0.2, 0.25) is 0 Å². The fraction of sp³-hybridized carbons (Fsp3) is 0.381. The summed E-state index contributed by atoms with van der Waals surface area (Å²) in [5.74, 6) is 2.64. The van der Waals surface area contributed by atoms with Crippen LogP contribution in [0.5, 0.6) is 5.75 Å². The average Bonchev–Trinajstić information content (AvgIpc) is 3.10. The molecule has 1 aliphatic carbocycles. The zero-order valence-corrected chi connectivity index (χ0v) is 15.9. The fourth-order valence-electron chi connectivity index (χ4n) is 3.82. The molecule has 2 heterocycles. The van der Waals surface area contributed by atoms with Crippen molar-refractivity contribution in [3.63, 3.8) is 0 Å². The average molecular weight is 363 g/mol. The molecule has 1 aromatic carbocycles. The number of hydrogen-bond acceptors (Lipinski definition) is 5. The first-order valence-corrected chi connectivity index (χ1v) is 9.53. The van der Waals surface area contributed by atoms with Crippen molar-refractivity contribution >= 4 is 11.4 Å². The Morgan fingerprint density at radius 2 is 1.85 bits per heavy atom. The van der Waals surface area contributed by atoms with Crippen LogP contribution in [0.4, 0.5) is 11.4 Å². The van der Waals surface area contributed by atoms with E-state index in [-0.39, 0.29) is 0 Å². The van der Waals surface area contributed by atoms with Crippen molar-refractivity contribution in [2.75, 3.05) is 12.4 Å². The van der Waals surface area contributed by atoms with Gasteiger partial charge in [-0.15, -0.1) is 10.2 Å². The van der Waals surface area contributed by atoms with E-state index in [1.807, 2.05) is 49.5 Å². The van der Waals surface area contributed by atoms with E-state index in [0.29, 0.717) is 6.04 Å². The third-order valence-electron chi connectivity index (χ3n) is 5.15. The molecule has 0 atom stereocenters. The number of benzene rings is 1. The van der Waals surface area contributed by atoms with Crippen LogP contribution in [-0.4, -0.2) is 26.9 Å². The number of ether oxygens (including phenoxy) is 1. The highest BCUT2D eigenvalue weighted by atomic mass is 16.5. The van der Waals surface area contributed by atoms with Gasteiger partial charge in [0.05, 0.1) is 7.11 Å². The van der Waals surface area contributed by atoms with E-state index >= 15 is 0 Å². The second-order valence-electron chi connectivity index (χ2n) is 7.02. The van der Waals surface area contributed by atoms with E-state index < -0.39 is 0 Å². The molecule has 6 heteroatoms. The minimum absolute atomic E-state index is 0.473. The smallest absolute Gasteiger partial charge is 0.182 e. The first-order chi connectivity index (χ1) is 13.2. The molecule has 27 heavy (non-hydrogen) atoms. The van der Waals surface area contributed by atoms with Crippen LogP contribution in [0, 0.1) is 6.92 Å². The van der Waals surface area contributed by atoms with Gasteiger partial charge < -0.3 is 14.6 Å². The van der Waals surface area contributed by atoms with Crippen molar-refractivity contribution in [2.24, 2.45) is 0 Å². The summed E-state index contributed by atoms with van der Waals surface area (Å²) in [6.45, 7) is 2.03. The van der Waals surface area contributed by atoms with Crippen LogP contribution in [0.1, 0.15) is 44.0 Å². The van der Waals surface area contributed by atoms with E-state index in [1.54, 1.807) is 7.11 Å². The van der Waals surface area contributed by atoms with Crippen molar-refractivity contribution in [3.05, 3.63) is 48.4 Å². The fourth-order valence-corrected chi connectivity index (χ4v) is 3.82. The molecular weight excluding hydrogens is 338 g/mol. The molecule has 2 aromatic heterocycles. The zero-order chi connectivity index (χ0) is 18.6. The molecule has 0 bridgehead atoms. The van der Waals surface area contributed by atoms with Crippen molar-refractivity contribution in [1.29, 1.82) is 0 Å². The lowest BCUT2D eigenvalue weighted by Gasteiger charge is -2.25. The van der Waals surface area contributed by atoms with Gasteiger partial charge in [-0.2, -0.15) is 0 Å². The van der Waals surface area contributed by atoms with Gasteiger partial charge in [0.1, 0.15) is 17.3 Å². The molecule has 0 aliphatic heterocycles. The summed E-state index contributed by atoms with van der Waals surface area (Å²) >= 11 is 0. The summed E-state index contributed by atoms with van der Waals surface area (Å²) in [5.41, 5.74) is 2.77. The Bertz CT molecular complexity index is 914. The zero-order valence-electron chi connectivity index (χ0n) is 15.9. The van der Waals surface area contributed by atoms with E-state index in [9.17, 15) is 0 Å². The van der Waals surface area contributed by atoms with Crippen LogP contribution in [-0.2, 0) is 0 Å². The largest absolute Gasteiger partial charge is 0.497 e. The standard InChI is InChI=1S/C21H25N5O/c1-15-24-25-21(26(15)18-8-4-3-5-9-18)20-14-17(11-12-22-20)23-16-7-6-10-19(13-16)27-2/h6-7,10-14,18H,3-5,8-9H2,1-2H3,(H,22,23). The highest BCUT2D eigenvalue weighted by Crippen LogP contribution is 2.33. The van der Waals surface area contributed by atoms with E-state index in [1.165, 1.54) is 32.1 Å². The molecule has 0 radical (unpaired) electrons. The monoisotopic (exact) mass is 363 g/mol. The molecule has 3 aromatic rings. The number of aromatic nitrogens is 4. The number of rotatable bonds is 5. The molecule has 1 saturated carbocycles. The molecule has 0 saturated heterocycles. The lowest BCUT2D eigenvalue weighted by Crippen LogP contribution is -2.15. The molecule has 1 N–H and O–H groups in total. The first kappa shape index (κ1) is 17.5. The maximum atomic E-state index is 5.30. The first-order valence-electron chi connectivity index (χ1n) is 9.53. The maximum absolute atomic E-state index is 5.30. The molecule has 1 aliphatic rings. The lowest BCUT2D eigenvalue weighted by molar-refractivity contribution is 0.350. The number of aryl methyl sites for hydroxylation is 1. The molecule has 140 valence electrons. The molecule has 6 nitrogen and oxygen atoms in total. The Hall–Kier alpha value is -2.89. The molecule has 0 unspecified atom stereocenters. The normalized spacial score (nSPS) is 14.9. The minimum atomic E-state index is 0.473. The molecular formula is C21H25N5O. The summed E-state index contributed by atoms with van der Waals surface area (Å²) in [5, 5.41) is 12.2. The molecule has 0 spiro atoms. The van der Waals surface area contributed by atoms with Crippen molar-refractivity contribution in [3.8, 4) is 17.3 Å². The van der Waals surface area contributed by atoms with Crippen molar-refractivity contribution in [1.82, 2.24) is 19.7 Å². The van der Waals surface area contributed by atoms with E-state index in [2.05, 4.69) is 25.1 Å². The predicted octanol–water partition coefficient (Wildman–Crippen LogP) is 4.91. The van der Waals surface area contributed by atoms with Crippen molar-refractivity contribution in [2.45, 2.75) is 45.1 Å². The molecule has 4 rings (SSSR count). The number of methoxy groups -OCH3 is 1. The van der Waals surface area contributed by atoms with Gasteiger partial charge in [0.25, 0.3) is 0 Å². The third kappa shape index (κ3) is 3.79. The lowest BCUT2D eigenvalue weighted by atomic mass is 9.95. The van der Waals surface area contributed by atoms with Crippen LogP contribution in [0.3, 0.4) is 0 Å². The number of nitrogens with one attached hydrogen (secondary N) is 1. The Morgan fingerprint density at radius 1 is 1.04 bits per heavy atom. The van der Waals surface area contributed by atoms with Crippen LogP contribution < -0.4 is 10.1 Å². The van der Waals surface area contributed by atoms with Gasteiger partial charge in [-0.3, -0.25) is 4.98 Å². The van der Waals surface area contributed by atoms with Crippen LogP contribution >= 0.6 is 0 Å². The topological polar surface area (TPSA) is 64.9 Å². The van der Waals surface area contributed by atoms with Crippen LogP contribution in [0.25, 0.3) is 11.5 Å². The summed E-state index contributed by atoms with van der Waals surface area (Å²) in [7, 11) is 1.67. The van der Waals surface area contributed by atoms with Gasteiger partial charge in [0, 0.05) is 29.7 Å². The second kappa shape index (κ2) is 7.78. The molecule has 1 fully saturated rings. The van der Waals surface area contributed by atoms with E-state index in [4.69, 9.17) is 4.74 Å². The summed E-state index contributed by atoms with van der Waals surface area (Å²) in [6.07, 6.45) is 8.05. The Balaban J connectivity index is 1.63. The number of hydrogen-bond donors (Lipinski definition) is 1. The highest BCUT2D eigenvalue weighted by Gasteiger charge is 2.22. The number of pyridine rings is 1. The third-order valence-corrected chi connectivity index (χ3v) is 5.15. The minimum Gasteiger partial charge on any atom is -0.497 e. The Morgan fingerprint density at radius 3 is 2.67 bits per heavy atom. The summed E-state index contributed by atoms with van der Waals surface area (Å²) < 4.78 is 7.57. The predicted molar refractivity (Wildman–Crippen MR) is 106 cm³/mol. The van der Waals surface area contributed by atoms with E-state index in [0.717, 1.165) is 34.5 Å². The van der Waals surface area contributed by atoms with Crippen LogP contribution in [0.15, 0.2) is 42.6 Å². The van der Waals surface area contributed by atoms with Gasteiger partial charge in [-0.1, -0.05) is 25.3 Å². The summed E-state index contributed by atoms with van der Waals surface area (Å²) in [6, 6.07) is 12.3.